The average molecular weight is 556 g/mol. The Hall–Kier alpha value is -3.88. The zero-order chi connectivity index (χ0) is 28.6. The molecule has 2 aliphatic heterocycles. The summed E-state index contributed by atoms with van der Waals surface area (Å²) in [4.78, 5) is 20.1. The van der Waals surface area contributed by atoms with E-state index in [0.717, 1.165) is 56.0 Å². The van der Waals surface area contributed by atoms with Crippen LogP contribution in [0.5, 0.6) is 5.75 Å². The summed E-state index contributed by atoms with van der Waals surface area (Å²) in [6.45, 7) is 6.05. The van der Waals surface area contributed by atoms with Crippen LogP contribution >= 0.6 is 0 Å². The minimum absolute atomic E-state index is 0.00313. The Labute approximate surface area is 243 Å². The van der Waals surface area contributed by atoms with Gasteiger partial charge >= 0.3 is 6.03 Å². The van der Waals surface area contributed by atoms with E-state index in [2.05, 4.69) is 29.2 Å². The largest absolute Gasteiger partial charge is 0.497 e. The first-order valence-corrected chi connectivity index (χ1v) is 14.5. The van der Waals surface area contributed by atoms with Crippen LogP contribution in [0.3, 0.4) is 0 Å². The van der Waals surface area contributed by atoms with Crippen LogP contribution in [0.25, 0.3) is 0 Å². The van der Waals surface area contributed by atoms with Gasteiger partial charge in [0, 0.05) is 43.3 Å². The van der Waals surface area contributed by atoms with E-state index >= 15 is 0 Å². The molecule has 2 fully saturated rings. The van der Waals surface area contributed by atoms with Crippen LogP contribution in [-0.4, -0.2) is 68.1 Å². The number of nitrogens with two attached hydrogens (primary N) is 1. The summed E-state index contributed by atoms with van der Waals surface area (Å²) < 4.78 is 11.5. The molecule has 0 bridgehead atoms. The molecule has 2 aliphatic rings. The summed E-state index contributed by atoms with van der Waals surface area (Å²) in [7, 11) is 1.70. The fraction of sp³-hybridized carbons (Fsp3) is 0.394. The van der Waals surface area contributed by atoms with E-state index in [-0.39, 0.29) is 17.8 Å². The first-order valence-electron chi connectivity index (χ1n) is 14.5. The van der Waals surface area contributed by atoms with Gasteiger partial charge in [-0.3, -0.25) is 15.2 Å². The van der Waals surface area contributed by atoms with Crippen LogP contribution in [0, 0.1) is 17.2 Å². The minimum Gasteiger partial charge on any atom is -0.497 e. The maximum Gasteiger partial charge on any atom is 0.324 e. The Morgan fingerprint density at radius 1 is 0.927 bits per heavy atom. The number of carbonyl (C=O) groups excluding carboxylic acids is 1. The van der Waals surface area contributed by atoms with Crippen LogP contribution in [0.4, 0.5) is 10.5 Å². The fourth-order valence-electron chi connectivity index (χ4n) is 5.86. The summed E-state index contributed by atoms with van der Waals surface area (Å²) >= 11 is 0. The van der Waals surface area contributed by atoms with Gasteiger partial charge < -0.3 is 20.1 Å². The molecule has 2 saturated heterocycles. The molecule has 3 aromatic carbocycles. The number of likely N-dealkylation sites (tertiary alicyclic amines) is 1. The Morgan fingerprint density at radius 3 is 2.44 bits per heavy atom. The van der Waals surface area contributed by atoms with Crippen molar-refractivity contribution in [3.8, 4) is 5.75 Å². The van der Waals surface area contributed by atoms with E-state index < -0.39 is 0 Å². The van der Waals surface area contributed by atoms with E-state index in [0.29, 0.717) is 37.8 Å². The first kappa shape index (κ1) is 28.6. The number of nitrogen functional groups attached to an aromatic ring is 1. The van der Waals surface area contributed by atoms with E-state index in [1.54, 1.807) is 13.2 Å². The maximum absolute atomic E-state index is 13.8. The summed E-state index contributed by atoms with van der Waals surface area (Å²) in [5.74, 6) is 1.51. The highest BCUT2D eigenvalue weighted by molar-refractivity contribution is 5.98. The third kappa shape index (κ3) is 7.65. The minimum atomic E-state index is -0.00313. The summed E-state index contributed by atoms with van der Waals surface area (Å²) in [5, 5.41) is 7.86. The Morgan fingerprint density at radius 2 is 1.68 bits per heavy atom. The van der Waals surface area contributed by atoms with Crippen LogP contribution in [0.1, 0.15) is 29.5 Å². The molecule has 0 spiro atoms. The second-order valence-corrected chi connectivity index (χ2v) is 11.2. The standard InChI is InChI=1S/C33H41N5O3/c1-40-31-12-5-9-27(17-31)19-36-15-13-25(14-16-36)20-37-21-28(24-41-23-26-7-3-2-4-8-26)22-38(33(37)39)30-11-6-10-29(18-30)32(34)35/h2-12,17-18,25,28H,13-16,19-24H2,1H3,(H3,34,35). The summed E-state index contributed by atoms with van der Waals surface area (Å²) in [6, 6.07) is 25.9. The molecule has 0 aromatic heterocycles. The molecule has 0 radical (unpaired) electrons. The van der Waals surface area contributed by atoms with Gasteiger partial charge in [0.1, 0.15) is 11.6 Å². The monoisotopic (exact) mass is 555 g/mol. The third-order valence-electron chi connectivity index (χ3n) is 8.08. The highest BCUT2D eigenvalue weighted by Crippen LogP contribution is 2.27. The molecule has 2 amide bonds. The number of amidine groups is 1. The molecule has 216 valence electrons. The normalized spacial score (nSPS) is 18.5. The SMILES string of the molecule is COc1cccc(CN2CCC(CN3CC(COCc4ccccc4)CN(c4cccc(C(=N)N)c4)C3=O)CC2)c1. The number of anilines is 1. The smallest absolute Gasteiger partial charge is 0.324 e. The Bertz CT molecular complexity index is 1310. The topological polar surface area (TPSA) is 95.1 Å². The second kappa shape index (κ2) is 13.7. The predicted octanol–water partition coefficient (Wildman–Crippen LogP) is 4.97. The average Bonchev–Trinajstić information content (AvgIpc) is 3.00. The van der Waals surface area contributed by atoms with Crippen LogP contribution in [0.2, 0.25) is 0 Å². The zero-order valence-electron chi connectivity index (χ0n) is 23.9. The van der Waals surface area contributed by atoms with Gasteiger partial charge in [-0.05, 0) is 67.2 Å². The van der Waals surface area contributed by atoms with Crippen molar-refractivity contribution in [1.82, 2.24) is 9.80 Å². The van der Waals surface area contributed by atoms with Crippen molar-refractivity contribution < 1.29 is 14.3 Å². The number of nitrogens with one attached hydrogen (secondary N) is 1. The number of nitrogens with zero attached hydrogens (tertiary/aromatic N) is 3. The lowest BCUT2D eigenvalue weighted by molar-refractivity contribution is 0.0643. The molecule has 8 heteroatoms. The number of benzene rings is 3. The number of ether oxygens (including phenoxy) is 2. The number of methoxy groups -OCH3 is 1. The lowest BCUT2D eigenvalue weighted by atomic mass is 9.94. The lowest BCUT2D eigenvalue weighted by Gasteiger charge is -2.42. The first-order chi connectivity index (χ1) is 20.0. The Balaban J connectivity index is 1.22. The Kier molecular flexibility index (Phi) is 9.54. The summed E-state index contributed by atoms with van der Waals surface area (Å²) in [5.41, 5.74) is 9.55. The molecule has 8 nitrogen and oxygen atoms in total. The van der Waals surface area contributed by atoms with Crippen molar-refractivity contribution in [2.24, 2.45) is 17.6 Å². The van der Waals surface area contributed by atoms with Gasteiger partial charge in [-0.25, -0.2) is 4.79 Å². The molecule has 0 aliphatic carbocycles. The second-order valence-electron chi connectivity index (χ2n) is 11.2. The van der Waals surface area contributed by atoms with Crippen molar-refractivity contribution in [2.75, 3.05) is 51.3 Å². The number of amides is 2. The number of piperidine rings is 1. The van der Waals surface area contributed by atoms with E-state index in [1.165, 1.54) is 5.56 Å². The van der Waals surface area contributed by atoms with Crippen molar-refractivity contribution in [2.45, 2.75) is 26.0 Å². The van der Waals surface area contributed by atoms with Gasteiger partial charge in [-0.2, -0.15) is 0 Å². The van der Waals surface area contributed by atoms with Crippen LogP contribution in [-0.2, 0) is 17.9 Å². The number of urea groups is 1. The van der Waals surface area contributed by atoms with Gasteiger partial charge in [-0.15, -0.1) is 0 Å². The van der Waals surface area contributed by atoms with Gasteiger partial charge in [0.05, 0.1) is 20.3 Å². The third-order valence-corrected chi connectivity index (χ3v) is 8.08. The highest BCUT2D eigenvalue weighted by atomic mass is 16.5. The predicted molar refractivity (Wildman–Crippen MR) is 162 cm³/mol. The van der Waals surface area contributed by atoms with Crippen molar-refractivity contribution >= 4 is 17.6 Å². The molecule has 1 atom stereocenters. The van der Waals surface area contributed by atoms with Gasteiger partial charge in [0.25, 0.3) is 0 Å². The van der Waals surface area contributed by atoms with Gasteiger partial charge in [0.15, 0.2) is 0 Å². The zero-order valence-corrected chi connectivity index (χ0v) is 23.9. The van der Waals surface area contributed by atoms with E-state index in [9.17, 15) is 4.79 Å². The molecule has 3 aromatic rings. The molecular formula is C33H41N5O3. The molecule has 2 heterocycles. The number of carbonyl (C=O) groups is 1. The number of hydrogen-bond donors (Lipinski definition) is 2. The molecular weight excluding hydrogens is 514 g/mol. The van der Waals surface area contributed by atoms with E-state index in [4.69, 9.17) is 20.6 Å². The van der Waals surface area contributed by atoms with E-state index in [1.807, 2.05) is 58.3 Å². The maximum atomic E-state index is 13.8. The molecule has 41 heavy (non-hydrogen) atoms. The molecule has 1 unspecified atom stereocenters. The van der Waals surface area contributed by atoms with Crippen molar-refractivity contribution in [3.05, 3.63) is 95.6 Å². The highest BCUT2D eigenvalue weighted by Gasteiger charge is 2.35. The van der Waals surface area contributed by atoms with Crippen molar-refractivity contribution in [3.63, 3.8) is 0 Å². The quantitative estimate of drug-likeness (QED) is 0.257. The van der Waals surface area contributed by atoms with Crippen LogP contribution < -0.4 is 15.4 Å². The summed E-state index contributed by atoms with van der Waals surface area (Å²) in [6.07, 6.45) is 2.12. The molecule has 3 N–H and O–H groups in total. The molecule has 0 saturated carbocycles. The van der Waals surface area contributed by atoms with Gasteiger partial charge in [0.2, 0.25) is 0 Å². The number of hydrogen-bond acceptors (Lipinski definition) is 5. The molecule has 5 rings (SSSR count). The fourth-order valence-corrected chi connectivity index (χ4v) is 5.86. The van der Waals surface area contributed by atoms with Crippen molar-refractivity contribution in [1.29, 1.82) is 5.41 Å². The van der Waals surface area contributed by atoms with Gasteiger partial charge in [-0.1, -0.05) is 54.6 Å². The number of rotatable bonds is 11. The lowest BCUT2D eigenvalue weighted by Crippen LogP contribution is -2.56. The van der Waals surface area contributed by atoms with Crippen LogP contribution in [0.15, 0.2) is 78.9 Å².